The predicted octanol–water partition coefficient (Wildman–Crippen LogP) is 4.91. The highest BCUT2D eigenvalue weighted by Gasteiger charge is 2.14. The van der Waals surface area contributed by atoms with Gasteiger partial charge in [0.15, 0.2) is 0 Å². The van der Waals surface area contributed by atoms with Crippen LogP contribution in [0.25, 0.3) is 6.08 Å². The molecule has 0 fully saturated rings. The van der Waals surface area contributed by atoms with E-state index in [9.17, 15) is 4.79 Å². The molecule has 0 bridgehead atoms. The van der Waals surface area contributed by atoms with E-state index in [1.165, 1.54) is 6.08 Å². The van der Waals surface area contributed by atoms with Crippen LogP contribution in [-0.4, -0.2) is 20.9 Å². The zero-order chi connectivity index (χ0) is 20.3. The van der Waals surface area contributed by atoms with Gasteiger partial charge in [0.2, 0.25) is 0 Å². The Morgan fingerprint density at radius 3 is 2.64 bits per heavy atom. The standard InChI is InChI=1S/C20H19Cl2N3O3/c1-12-16(8-9-19(26)27-11-17-13(2)24-28-14(17)3)20(22)25(23-12)10-15-6-4-5-7-18(15)21/h4-9H,10-11H2,1-3H3. The molecule has 0 unspecified atom stereocenters. The van der Waals surface area contributed by atoms with Crippen LogP contribution in [0.1, 0.15) is 33.8 Å². The number of esters is 1. The van der Waals surface area contributed by atoms with E-state index >= 15 is 0 Å². The molecule has 8 heteroatoms. The van der Waals surface area contributed by atoms with Crippen LogP contribution in [-0.2, 0) is 22.7 Å². The van der Waals surface area contributed by atoms with Gasteiger partial charge in [-0.2, -0.15) is 5.10 Å². The normalized spacial score (nSPS) is 11.3. The Bertz CT molecular complexity index is 1020. The summed E-state index contributed by atoms with van der Waals surface area (Å²) >= 11 is 12.7. The molecule has 0 radical (unpaired) electrons. The van der Waals surface area contributed by atoms with Crippen molar-refractivity contribution in [2.75, 3.05) is 0 Å². The third kappa shape index (κ3) is 4.46. The molecule has 3 aromatic rings. The van der Waals surface area contributed by atoms with Gasteiger partial charge in [-0.1, -0.05) is 46.6 Å². The average molecular weight is 420 g/mol. The fraction of sp³-hybridized carbons (Fsp3) is 0.250. The van der Waals surface area contributed by atoms with Crippen LogP contribution in [0.15, 0.2) is 34.9 Å². The van der Waals surface area contributed by atoms with Crippen LogP contribution < -0.4 is 0 Å². The monoisotopic (exact) mass is 419 g/mol. The number of hydrogen-bond acceptors (Lipinski definition) is 5. The highest BCUT2D eigenvalue weighted by Crippen LogP contribution is 2.24. The zero-order valence-corrected chi connectivity index (χ0v) is 17.2. The number of aryl methyl sites for hydroxylation is 3. The highest BCUT2D eigenvalue weighted by atomic mass is 35.5. The number of halogens is 2. The smallest absolute Gasteiger partial charge is 0.331 e. The first-order valence-electron chi connectivity index (χ1n) is 8.59. The van der Waals surface area contributed by atoms with Crippen LogP contribution in [0, 0.1) is 20.8 Å². The van der Waals surface area contributed by atoms with Crippen molar-refractivity contribution in [1.29, 1.82) is 0 Å². The Balaban J connectivity index is 1.69. The largest absolute Gasteiger partial charge is 0.457 e. The summed E-state index contributed by atoms with van der Waals surface area (Å²) < 4.78 is 12.0. The maximum absolute atomic E-state index is 12.1. The summed E-state index contributed by atoms with van der Waals surface area (Å²) in [5, 5.41) is 9.34. The molecule has 0 aliphatic rings. The summed E-state index contributed by atoms with van der Waals surface area (Å²) in [6.45, 7) is 5.93. The summed E-state index contributed by atoms with van der Waals surface area (Å²) in [4.78, 5) is 12.1. The van der Waals surface area contributed by atoms with Crippen molar-refractivity contribution in [1.82, 2.24) is 14.9 Å². The minimum absolute atomic E-state index is 0.100. The van der Waals surface area contributed by atoms with Gasteiger partial charge in [0.05, 0.1) is 23.5 Å². The van der Waals surface area contributed by atoms with Crippen molar-refractivity contribution in [3.05, 3.63) is 74.4 Å². The van der Waals surface area contributed by atoms with Gasteiger partial charge in [0, 0.05) is 16.7 Å². The van der Waals surface area contributed by atoms with Crippen molar-refractivity contribution < 1.29 is 14.1 Å². The lowest BCUT2D eigenvalue weighted by Gasteiger charge is -2.05. The summed E-state index contributed by atoms with van der Waals surface area (Å²) in [5.74, 6) is 0.142. The molecule has 0 atom stereocenters. The van der Waals surface area contributed by atoms with Gasteiger partial charge in [0.1, 0.15) is 17.5 Å². The maximum atomic E-state index is 12.1. The van der Waals surface area contributed by atoms with Gasteiger partial charge in [-0.05, 0) is 38.5 Å². The zero-order valence-electron chi connectivity index (χ0n) is 15.7. The molecule has 0 aliphatic heterocycles. The summed E-state index contributed by atoms with van der Waals surface area (Å²) in [7, 11) is 0. The third-order valence-electron chi connectivity index (χ3n) is 4.31. The summed E-state index contributed by atoms with van der Waals surface area (Å²) in [6.07, 6.45) is 2.93. The van der Waals surface area contributed by atoms with Gasteiger partial charge in [-0.3, -0.25) is 0 Å². The van der Waals surface area contributed by atoms with Gasteiger partial charge >= 0.3 is 5.97 Å². The van der Waals surface area contributed by atoms with Crippen LogP contribution in [0.2, 0.25) is 10.2 Å². The minimum Gasteiger partial charge on any atom is -0.457 e. The lowest BCUT2D eigenvalue weighted by molar-refractivity contribution is -0.138. The van der Waals surface area contributed by atoms with E-state index in [0.29, 0.717) is 39.4 Å². The van der Waals surface area contributed by atoms with E-state index < -0.39 is 5.97 Å². The molecule has 0 aliphatic carbocycles. The maximum Gasteiger partial charge on any atom is 0.331 e. The predicted molar refractivity (Wildman–Crippen MR) is 107 cm³/mol. The molecular weight excluding hydrogens is 401 g/mol. The number of benzene rings is 1. The molecule has 0 saturated carbocycles. The molecule has 146 valence electrons. The number of carbonyl (C=O) groups excluding carboxylic acids is 1. The van der Waals surface area contributed by atoms with Crippen LogP contribution in [0.3, 0.4) is 0 Å². The second-order valence-corrected chi connectivity index (χ2v) is 7.05. The van der Waals surface area contributed by atoms with Crippen LogP contribution in [0.4, 0.5) is 0 Å². The van der Waals surface area contributed by atoms with E-state index in [1.54, 1.807) is 24.6 Å². The van der Waals surface area contributed by atoms with Crippen molar-refractivity contribution in [2.24, 2.45) is 0 Å². The molecule has 0 saturated heterocycles. The first-order valence-corrected chi connectivity index (χ1v) is 9.35. The molecule has 1 aromatic carbocycles. The fourth-order valence-corrected chi connectivity index (χ4v) is 3.19. The van der Waals surface area contributed by atoms with Gasteiger partial charge < -0.3 is 9.26 Å². The SMILES string of the molecule is Cc1nn(Cc2ccccc2Cl)c(Cl)c1C=CC(=O)OCc1c(C)noc1C. The Kier molecular flexibility index (Phi) is 6.21. The topological polar surface area (TPSA) is 70.2 Å². The molecular formula is C20H19Cl2N3O3. The number of rotatable bonds is 6. The first kappa shape index (κ1) is 20.2. The van der Waals surface area contributed by atoms with E-state index in [-0.39, 0.29) is 6.61 Å². The lowest BCUT2D eigenvalue weighted by Crippen LogP contribution is -2.03. The van der Waals surface area contributed by atoms with E-state index in [1.807, 2.05) is 31.2 Å². The Morgan fingerprint density at radius 1 is 1.21 bits per heavy atom. The molecule has 6 nitrogen and oxygen atoms in total. The summed E-state index contributed by atoms with van der Waals surface area (Å²) in [6, 6.07) is 7.50. The van der Waals surface area contributed by atoms with Crippen molar-refractivity contribution >= 4 is 35.2 Å². The van der Waals surface area contributed by atoms with Crippen LogP contribution in [0.5, 0.6) is 0 Å². The Labute approximate surface area is 172 Å². The van der Waals surface area contributed by atoms with Gasteiger partial charge in [-0.25, -0.2) is 9.48 Å². The highest BCUT2D eigenvalue weighted by molar-refractivity contribution is 6.32. The van der Waals surface area contributed by atoms with E-state index in [4.69, 9.17) is 32.5 Å². The van der Waals surface area contributed by atoms with Crippen molar-refractivity contribution in [3.63, 3.8) is 0 Å². The molecule has 0 spiro atoms. The number of carbonyl (C=O) groups is 1. The minimum atomic E-state index is -0.491. The van der Waals surface area contributed by atoms with E-state index in [0.717, 1.165) is 11.1 Å². The number of ether oxygens (including phenoxy) is 1. The molecule has 0 N–H and O–H groups in total. The molecule has 2 aromatic heterocycles. The Hall–Kier alpha value is -2.57. The second kappa shape index (κ2) is 8.63. The second-order valence-electron chi connectivity index (χ2n) is 6.28. The number of nitrogens with zero attached hydrogens (tertiary/aromatic N) is 3. The van der Waals surface area contributed by atoms with Crippen molar-refractivity contribution in [2.45, 2.75) is 33.9 Å². The number of hydrogen-bond donors (Lipinski definition) is 0. The van der Waals surface area contributed by atoms with E-state index in [2.05, 4.69) is 10.3 Å². The molecule has 3 rings (SSSR count). The van der Waals surface area contributed by atoms with Gasteiger partial charge in [0.25, 0.3) is 0 Å². The first-order chi connectivity index (χ1) is 13.4. The average Bonchev–Trinajstić information content (AvgIpc) is 3.12. The lowest BCUT2D eigenvalue weighted by atomic mass is 10.2. The molecule has 2 heterocycles. The summed E-state index contributed by atoms with van der Waals surface area (Å²) in [5.41, 5.74) is 3.73. The Morgan fingerprint density at radius 2 is 1.96 bits per heavy atom. The van der Waals surface area contributed by atoms with Crippen LogP contribution >= 0.6 is 23.2 Å². The van der Waals surface area contributed by atoms with Crippen molar-refractivity contribution in [3.8, 4) is 0 Å². The third-order valence-corrected chi connectivity index (χ3v) is 5.08. The number of aromatic nitrogens is 3. The molecule has 28 heavy (non-hydrogen) atoms. The fourth-order valence-electron chi connectivity index (χ4n) is 2.70. The quantitative estimate of drug-likeness (QED) is 0.419. The molecule has 0 amide bonds. The van der Waals surface area contributed by atoms with Gasteiger partial charge in [-0.15, -0.1) is 0 Å².